The van der Waals surface area contributed by atoms with Crippen molar-refractivity contribution in [3.05, 3.63) is 42.0 Å². The van der Waals surface area contributed by atoms with Gasteiger partial charge >= 0.3 is 6.09 Å². The fraction of sp³-hybridized carbons (Fsp3) is 0.550. The zero-order valence-corrected chi connectivity index (χ0v) is 14.9. The standard InChI is InChI=1S/C20H27NO3/c1-13-10-14(2)20(11-23-16(4)18(13)15(20)3)12-24-19(22)21-17-8-6-5-7-9-17/h5-10,14-16,18H,11-12H2,1-4H3,(H,21,22)/t14-,15-,16+,18+,20+/m1/s1. The molecular weight excluding hydrogens is 302 g/mol. The van der Waals surface area contributed by atoms with Crippen molar-refractivity contribution in [3.63, 3.8) is 0 Å². The molecule has 1 heterocycles. The van der Waals surface area contributed by atoms with Gasteiger partial charge in [-0.15, -0.1) is 0 Å². The third-order valence-corrected chi connectivity index (χ3v) is 6.00. The van der Waals surface area contributed by atoms with Gasteiger partial charge in [-0.1, -0.05) is 43.7 Å². The molecule has 2 aliphatic rings. The van der Waals surface area contributed by atoms with Crippen LogP contribution in [0.2, 0.25) is 0 Å². The van der Waals surface area contributed by atoms with Crippen molar-refractivity contribution < 1.29 is 14.3 Å². The maximum absolute atomic E-state index is 12.2. The monoisotopic (exact) mass is 329 g/mol. The Kier molecular flexibility index (Phi) is 4.68. The molecule has 0 unspecified atom stereocenters. The Bertz CT molecular complexity index is 627. The van der Waals surface area contributed by atoms with Crippen molar-refractivity contribution >= 4 is 11.8 Å². The van der Waals surface area contributed by atoms with E-state index >= 15 is 0 Å². The summed E-state index contributed by atoms with van der Waals surface area (Å²) in [6.07, 6.45) is 2.15. The van der Waals surface area contributed by atoms with E-state index in [0.717, 1.165) is 5.69 Å². The molecule has 2 bridgehead atoms. The molecule has 1 amide bonds. The lowest BCUT2D eigenvalue weighted by molar-refractivity contribution is -0.156. The molecular formula is C20H27NO3. The number of hydrogen-bond donors (Lipinski definition) is 1. The molecule has 4 nitrogen and oxygen atoms in total. The number of para-hydroxylation sites is 1. The summed E-state index contributed by atoms with van der Waals surface area (Å²) in [7, 11) is 0. The number of amides is 1. The number of nitrogens with one attached hydrogen (secondary N) is 1. The highest BCUT2D eigenvalue weighted by molar-refractivity contribution is 5.84. The predicted octanol–water partition coefficient (Wildman–Crippen LogP) is 4.49. The average Bonchev–Trinajstić information content (AvgIpc) is 2.54. The summed E-state index contributed by atoms with van der Waals surface area (Å²) in [4.78, 5) is 12.2. The van der Waals surface area contributed by atoms with E-state index in [2.05, 4.69) is 39.1 Å². The van der Waals surface area contributed by atoms with Gasteiger partial charge in [-0.3, -0.25) is 5.32 Å². The maximum Gasteiger partial charge on any atom is 0.411 e. The second kappa shape index (κ2) is 6.60. The van der Waals surface area contributed by atoms with Crippen LogP contribution in [-0.4, -0.2) is 25.4 Å². The van der Waals surface area contributed by atoms with Crippen molar-refractivity contribution in [2.45, 2.75) is 33.8 Å². The Balaban J connectivity index is 1.70. The van der Waals surface area contributed by atoms with Crippen LogP contribution in [0.3, 0.4) is 0 Å². The van der Waals surface area contributed by atoms with Crippen molar-refractivity contribution in [1.82, 2.24) is 0 Å². The number of allylic oxidation sites excluding steroid dienone is 1. The van der Waals surface area contributed by atoms with Crippen molar-refractivity contribution in [1.29, 1.82) is 0 Å². The lowest BCUT2D eigenvalue weighted by Gasteiger charge is -2.54. The molecule has 1 saturated heterocycles. The predicted molar refractivity (Wildman–Crippen MR) is 94.8 cm³/mol. The summed E-state index contributed by atoms with van der Waals surface area (Å²) in [5.41, 5.74) is 1.99. The van der Waals surface area contributed by atoms with Gasteiger partial charge < -0.3 is 9.47 Å². The average molecular weight is 329 g/mol. The van der Waals surface area contributed by atoms with Gasteiger partial charge in [0.2, 0.25) is 0 Å². The molecule has 130 valence electrons. The lowest BCUT2D eigenvalue weighted by Crippen LogP contribution is -2.56. The fourth-order valence-corrected chi connectivity index (χ4v) is 4.45. The minimum Gasteiger partial charge on any atom is -0.449 e. The smallest absolute Gasteiger partial charge is 0.411 e. The van der Waals surface area contributed by atoms with Gasteiger partial charge in [0, 0.05) is 17.0 Å². The first kappa shape index (κ1) is 17.0. The molecule has 1 aromatic carbocycles. The van der Waals surface area contributed by atoms with Crippen LogP contribution >= 0.6 is 0 Å². The van der Waals surface area contributed by atoms with Crippen LogP contribution in [0.25, 0.3) is 0 Å². The van der Waals surface area contributed by atoms with Crippen LogP contribution < -0.4 is 5.32 Å². The largest absolute Gasteiger partial charge is 0.449 e. The quantitative estimate of drug-likeness (QED) is 0.831. The van der Waals surface area contributed by atoms with E-state index in [-0.39, 0.29) is 11.5 Å². The Morgan fingerprint density at radius 2 is 2.00 bits per heavy atom. The highest BCUT2D eigenvalue weighted by Crippen LogP contribution is 2.52. The summed E-state index contributed by atoms with van der Waals surface area (Å²) in [5.74, 6) is 1.14. The molecule has 0 saturated carbocycles. The molecule has 4 heteroatoms. The van der Waals surface area contributed by atoms with E-state index in [1.54, 1.807) is 0 Å². The van der Waals surface area contributed by atoms with E-state index in [0.29, 0.717) is 31.0 Å². The minimum absolute atomic E-state index is 0.148. The van der Waals surface area contributed by atoms with Gasteiger partial charge in [0.1, 0.15) is 6.61 Å². The Labute approximate surface area is 144 Å². The SMILES string of the molecule is CC1=C[C@@H](C)[C@@]2(COC(=O)Nc3ccccc3)CO[C@@H](C)[C@@H]1[C@H]2C. The lowest BCUT2D eigenvalue weighted by atomic mass is 9.56. The van der Waals surface area contributed by atoms with Gasteiger partial charge in [0.05, 0.1) is 12.7 Å². The van der Waals surface area contributed by atoms with Crippen LogP contribution in [0, 0.1) is 23.2 Å². The van der Waals surface area contributed by atoms with Gasteiger partial charge in [-0.2, -0.15) is 0 Å². The molecule has 1 aliphatic heterocycles. The highest BCUT2D eigenvalue weighted by Gasteiger charge is 2.53. The number of hydrogen-bond acceptors (Lipinski definition) is 3. The molecule has 1 aromatic rings. The summed E-state index contributed by atoms with van der Waals surface area (Å²) >= 11 is 0. The number of anilines is 1. The molecule has 0 spiro atoms. The van der Waals surface area contributed by atoms with E-state index in [9.17, 15) is 4.79 Å². The first-order chi connectivity index (χ1) is 11.4. The second-order valence-corrected chi connectivity index (χ2v) is 7.33. The molecule has 24 heavy (non-hydrogen) atoms. The van der Waals surface area contributed by atoms with Crippen molar-refractivity contribution in [3.8, 4) is 0 Å². The maximum atomic E-state index is 12.2. The van der Waals surface area contributed by atoms with Crippen LogP contribution in [0.5, 0.6) is 0 Å². The molecule has 0 radical (unpaired) electrons. The summed E-state index contributed by atoms with van der Waals surface area (Å²) in [5, 5.41) is 2.78. The minimum atomic E-state index is -0.406. The summed E-state index contributed by atoms with van der Waals surface area (Å²) in [6, 6.07) is 9.37. The van der Waals surface area contributed by atoms with Gasteiger partial charge in [-0.05, 0) is 37.8 Å². The topological polar surface area (TPSA) is 47.6 Å². The highest BCUT2D eigenvalue weighted by atomic mass is 16.6. The molecule has 3 rings (SSSR count). The third kappa shape index (κ3) is 2.95. The number of carbonyl (C=O) groups excluding carboxylic acids is 1. The zero-order valence-electron chi connectivity index (χ0n) is 14.9. The van der Waals surface area contributed by atoms with Crippen LogP contribution in [0.4, 0.5) is 10.5 Å². The number of fused-ring (bicyclic) bond motifs is 2. The van der Waals surface area contributed by atoms with E-state index in [1.165, 1.54) is 5.57 Å². The first-order valence-corrected chi connectivity index (χ1v) is 8.73. The number of rotatable bonds is 3. The first-order valence-electron chi connectivity index (χ1n) is 8.73. The number of carbonyl (C=O) groups is 1. The van der Waals surface area contributed by atoms with Gasteiger partial charge in [0.25, 0.3) is 0 Å². The molecule has 1 fully saturated rings. The molecule has 0 aromatic heterocycles. The van der Waals surface area contributed by atoms with E-state index < -0.39 is 6.09 Å². The Hall–Kier alpha value is -1.81. The summed E-state index contributed by atoms with van der Waals surface area (Å²) in [6.45, 7) is 9.82. The normalized spacial score (nSPS) is 35.1. The fourth-order valence-electron chi connectivity index (χ4n) is 4.45. The zero-order chi connectivity index (χ0) is 17.3. The van der Waals surface area contributed by atoms with Crippen LogP contribution in [-0.2, 0) is 9.47 Å². The summed E-state index contributed by atoms with van der Waals surface area (Å²) < 4.78 is 11.7. The van der Waals surface area contributed by atoms with E-state index in [1.807, 2.05) is 30.3 Å². The van der Waals surface area contributed by atoms with Gasteiger partial charge in [-0.25, -0.2) is 4.79 Å². The van der Waals surface area contributed by atoms with Crippen molar-refractivity contribution in [2.24, 2.45) is 23.2 Å². The van der Waals surface area contributed by atoms with Crippen LogP contribution in [0.1, 0.15) is 27.7 Å². The molecule has 5 atom stereocenters. The van der Waals surface area contributed by atoms with Crippen molar-refractivity contribution in [2.75, 3.05) is 18.5 Å². The molecule has 1 aliphatic carbocycles. The Morgan fingerprint density at radius 1 is 1.29 bits per heavy atom. The van der Waals surface area contributed by atoms with Gasteiger partial charge in [0.15, 0.2) is 0 Å². The Morgan fingerprint density at radius 3 is 2.71 bits per heavy atom. The molecule has 1 N–H and O–H groups in total. The van der Waals surface area contributed by atoms with Crippen LogP contribution in [0.15, 0.2) is 42.0 Å². The second-order valence-electron chi connectivity index (χ2n) is 7.33. The van der Waals surface area contributed by atoms with E-state index in [4.69, 9.17) is 9.47 Å². The number of ether oxygens (including phenoxy) is 2. The third-order valence-electron chi connectivity index (χ3n) is 6.00. The number of benzene rings is 1.